The molecule has 1 amide bonds. The van der Waals surface area contributed by atoms with Crippen LogP contribution in [0.5, 0.6) is 0 Å². The maximum Gasteiger partial charge on any atom is 0.326 e. The number of carboxylic acids is 1. The Morgan fingerprint density at radius 3 is 2.31 bits per heavy atom. The van der Waals surface area contributed by atoms with E-state index in [1.807, 2.05) is 13.8 Å². The zero-order valence-corrected chi connectivity index (χ0v) is 10.2. The average Bonchev–Trinajstić information content (AvgIpc) is 2.24. The van der Waals surface area contributed by atoms with Crippen molar-refractivity contribution in [3.05, 3.63) is 0 Å². The molecule has 0 aliphatic rings. The van der Waals surface area contributed by atoms with Gasteiger partial charge in [0.1, 0.15) is 6.04 Å². The van der Waals surface area contributed by atoms with Crippen molar-refractivity contribution in [1.82, 2.24) is 5.32 Å². The summed E-state index contributed by atoms with van der Waals surface area (Å²) in [6.07, 6.45) is 2.06. The number of hydrogen-bond acceptors (Lipinski definition) is 3. The minimum absolute atomic E-state index is 0.102. The van der Waals surface area contributed by atoms with E-state index < -0.39 is 18.1 Å². The molecule has 0 aromatic rings. The second-order valence-electron chi connectivity index (χ2n) is 4.11. The lowest BCUT2D eigenvalue weighted by molar-refractivity contribution is -0.143. The first-order valence-corrected chi connectivity index (χ1v) is 5.72. The Hall–Kier alpha value is -1.10. The third kappa shape index (κ3) is 4.61. The lowest BCUT2D eigenvalue weighted by Gasteiger charge is -2.22. The van der Waals surface area contributed by atoms with Crippen LogP contribution in [0.15, 0.2) is 0 Å². The highest BCUT2D eigenvalue weighted by Gasteiger charge is 2.26. The second-order valence-corrected chi connectivity index (χ2v) is 4.11. The second kappa shape index (κ2) is 7.22. The number of nitrogens with one attached hydrogen (secondary N) is 1. The van der Waals surface area contributed by atoms with Crippen LogP contribution in [-0.2, 0) is 9.59 Å². The lowest BCUT2D eigenvalue weighted by atomic mass is 9.98. The SMILES string of the molecule is CCCC(N)C(=O)NC(C(=O)O)C(C)CC. The van der Waals surface area contributed by atoms with Gasteiger partial charge in [-0.1, -0.05) is 33.6 Å². The summed E-state index contributed by atoms with van der Waals surface area (Å²) in [4.78, 5) is 22.5. The van der Waals surface area contributed by atoms with Gasteiger partial charge in [0, 0.05) is 0 Å². The van der Waals surface area contributed by atoms with Crippen molar-refractivity contribution in [3.63, 3.8) is 0 Å². The Balaban J connectivity index is 4.40. The third-order valence-corrected chi connectivity index (χ3v) is 2.71. The smallest absolute Gasteiger partial charge is 0.326 e. The van der Waals surface area contributed by atoms with Crippen LogP contribution in [-0.4, -0.2) is 29.1 Å². The standard InChI is InChI=1S/C11H22N2O3/c1-4-6-8(12)10(14)13-9(11(15)16)7(3)5-2/h7-9H,4-6,12H2,1-3H3,(H,13,14)(H,15,16). The molecule has 0 aromatic carbocycles. The van der Waals surface area contributed by atoms with Gasteiger partial charge < -0.3 is 16.2 Å². The molecule has 0 spiro atoms. The summed E-state index contributed by atoms with van der Waals surface area (Å²) in [6.45, 7) is 5.61. The molecule has 0 fully saturated rings. The predicted octanol–water partition coefficient (Wildman–Crippen LogP) is 0.729. The fourth-order valence-corrected chi connectivity index (χ4v) is 1.39. The molecule has 16 heavy (non-hydrogen) atoms. The van der Waals surface area contributed by atoms with Crippen LogP contribution in [0.25, 0.3) is 0 Å². The maximum absolute atomic E-state index is 11.6. The molecule has 3 unspecified atom stereocenters. The van der Waals surface area contributed by atoms with Crippen LogP contribution in [0, 0.1) is 5.92 Å². The van der Waals surface area contributed by atoms with Crippen LogP contribution in [0.4, 0.5) is 0 Å². The number of hydrogen-bond donors (Lipinski definition) is 3. The fourth-order valence-electron chi connectivity index (χ4n) is 1.39. The van der Waals surface area contributed by atoms with Gasteiger partial charge in [-0.2, -0.15) is 0 Å². The molecular formula is C11H22N2O3. The molecule has 0 saturated heterocycles. The number of carbonyl (C=O) groups excluding carboxylic acids is 1. The Morgan fingerprint density at radius 2 is 1.94 bits per heavy atom. The van der Waals surface area contributed by atoms with E-state index >= 15 is 0 Å². The normalized spacial score (nSPS) is 16.2. The molecule has 3 atom stereocenters. The summed E-state index contributed by atoms with van der Waals surface area (Å²) < 4.78 is 0. The molecule has 0 bridgehead atoms. The van der Waals surface area contributed by atoms with Crippen molar-refractivity contribution in [1.29, 1.82) is 0 Å². The summed E-state index contributed by atoms with van der Waals surface area (Å²) in [5, 5.41) is 11.5. The summed E-state index contributed by atoms with van der Waals surface area (Å²) in [5.41, 5.74) is 5.61. The van der Waals surface area contributed by atoms with Gasteiger partial charge in [0.25, 0.3) is 0 Å². The van der Waals surface area contributed by atoms with E-state index in [9.17, 15) is 9.59 Å². The highest BCUT2D eigenvalue weighted by Crippen LogP contribution is 2.08. The first-order chi connectivity index (χ1) is 7.43. The Labute approximate surface area is 96.4 Å². The van der Waals surface area contributed by atoms with Crippen molar-refractivity contribution in [3.8, 4) is 0 Å². The predicted molar refractivity (Wildman–Crippen MR) is 61.9 cm³/mol. The van der Waals surface area contributed by atoms with Crippen molar-refractivity contribution in [2.75, 3.05) is 0 Å². The van der Waals surface area contributed by atoms with Crippen LogP contribution in [0.3, 0.4) is 0 Å². The molecule has 5 heteroatoms. The molecule has 0 rings (SSSR count). The average molecular weight is 230 g/mol. The molecule has 0 aliphatic carbocycles. The Bertz CT molecular complexity index is 243. The van der Waals surface area contributed by atoms with Crippen LogP contribution < -0.4 is 11.1 Å². The summed E-state index contributed by atoms with van der Waals surface area (Å²) in [7, 11) is 0. The number of aliphatic carboxylic acids is 1. The van der Waals surface area contributed by atoms with E-state index in [2.05, 4.69) is 5.32 Å². The third-order valence-electron chi connectivity index (χ3n) is 2.71. The van der Waals surface area contributed by atoms with Crippen LogP contribution in [0.1, 0.15) is 40.0 Å². The van der Waals surface area contributed by atoms with Crippen molar-refractivity contribution >= 4 is 11.9 Å². The maximum atomic E-state index is 11.6. The molecule has 0 heterocycles. The quantitative estimate of drug-likeness (QED) is 0.601. The number of nitrogens with two attached hydrogens (primary N) is 1. The number of carbonyl (C=O) groups is 2. The Morgan fingerprint density at radius 1 is 1.38 bits per heavy atom. The van der Waals surface area contributed by atoms with Gasteiger partial charge in [-0.05, 0) is 12.3 Å². The minimum Gasteiger partial charge on any atom is -0.480 e. The topological polar surface area (TPSA) is 92.4 Å². The Kier molecular flexibility index (Phi) is 6.72. The van der Waals surface area contributed by atoms with Gasteiger partial charge in [0.15, 0.2) is 0 Å². The summed E-state index contributed by atoms with van der Waals surface area (Å²) in [6, 6.07) is -1.46. The van der Waals surface area contributed by atoms with E-state index in [0.29, 0.717) is 12.8 Å². The molecule has 5 nitrogen and oxygen atoms in total. The molecule has 4 N–H and O–H groups in total. The first kappa shape index (κ1) is 14.9. The van der Waals surface area contributed by atoms with E-state index in [1.54, 1.807) is 6.92 Å². The highest BCUT2D eigenvalue weighted by atomic mass is 16.4. The molecule has 0 radical (unpaired) electrons. The van der Waals surface area contributed by atoms with E-state index in [-0.39, 0.29) is 11.8 Å². The largest absolute Gasteiger partial charge is 0.480 e. The van der Waals surface area contributed by atoms with Gasteiger partial charge in [-0.15, -0.1) is 0 Å². The van der Waals surface area contributed by atoms with Crippen molar-refractivity contribution < 1.29 is 14.7 Å². The van der Waals surface area contributed by atoms with Crippen molar-refractivity contribution in [2.24, 2.45) is 11.7 Å². The number of carboxylic acid groups (broad SMARTS) is 1. The van der Waals surface area contributed by atoms with E-state index in [1.165, 1.54) is 0 Å². The zero-order valence-electron chi connectivity index (χ0n) is 10.2. The summed E-state index contributed by atoms with van der Waals surface area (Å²) in [5.74, 6) is -1.49. The molecule has 0 aliphatic heterocycles. The van der Waals surface area contributed by atoms with Gasteiger partial charge in [-0.25, -0.2) is 4.79 Å². The minimum atomic E-state index is -1.01. The van der Waals surface area contributed by atoms with Crippen LogP contribution >= 0.6 is 0 Å². The molecule has 94 valence electrons. The molecular weight excluding hydrogens is 208 g/mol. The van der Waals surface area contributed by atoms with Gasteiger partial charge in [0.2, 0.25) is 5.91 Å². The van der Waals surface area contributed by atoms with Crippen LogP contribution in [0.2, 0.25) is 0 Å². The van der Waals surface area contributed by atoms with Crippen molar-refractivity contribution in [2.45, 2.75) is 52.1 Å². The van der Waals surface area contributed by atoms with E-state index in [0.717, 1.165) is 6.42 Å². The number of rotatable bonds is 7. The van der Waals surface area contributed by atoms with Gasteiger partial charge in [0.05, 0.1) is 6.04 Å². The van der Waals surface area contributed by atoms with Gasteiger partial charge >= 0.3 is 5.97 Å². The lowest BCUT2D eigenvalue weighted by Crippen LogP contribution is -2.50. The van der Waals surface area contributed by atoms with Gasteiger partial charge in [-0.3, -0.25) is 4.79 Å². The zero-order chi connectivity index (χ0) is 12.7. The molecule has 0 saturated carbocycles. The highest BCUT2D eigenvalue weighted by molar-refractivity contribution is 5.86. The fraction of sp³-hybridized carbons (Fsp3) is 0.818. The molecule has 0 aromatic heterocycles. The monoisotopic (exact) mass is 230 g/mol. The van der Waals surface area contributed by atoms with E-state index in [4.69, 9.17) is 10.8 Å². The number of amides is 1. The first-order valence-electron chi connectivity index (χ1n) is 5.72. The summed E-state index contributed by atoms with van der Waals surface area (Å²) >= 11 is 0.